The molecule has 2 aromatic carbocycles. The van der Waals surface area contributed by atoms with Gasteiger partial charge in [0, 0.05) is 17.0 Å². The van der Waals surface area contributed by atoms with Crippen molar-refractivity contribution in [2.45, 2.75) is 12.5 Å². The minimum absolute atomic E-state index is 0.0242. The van der Waals surface area contributed by atoms with Gasteiger partial charge in [0.1, 0.15) is 6.04 Å². The predicted molar refractivity (Wildman–Crippen MR) is 131 cm³/mol. The molecule has 0 aromatic heterocycles. The summed E-state index contributed by atoms with van der Waals surface area (Å²) in [6, 6.07) is 8.47. The number of carbonyl (C=O) groups is 3. The maximum absolute atomic E-state index is 13.0. The first-order valence-electron chi connectivity index (χ1n) is 7.94. The van der Waals surface area contributed by atoms with Gasteiger partial charge in [0.05, 0.1) is 24.0 Å². The number of likely N-dealkylation sites (N-methyl/N-ethyl adjacent to an activating group) is 1. The van der Waals surface area contributed by atoms with Crippen molar-refractivity contribution < 1.29 is 19.5 Å². The van der Waals surface area contributed by atoms with Crippen LogP contribution in [0.2, 0.25) is 0 Å². The van der Waals surface area contributed by atoms with E-state index in [9.17, 15) is 19.5 Å². The Morgan fingerprint density at radius 2 is 1.61 bits per heavy atom. The lowest BCUT2D eigenvalue weighted by Gasteiger charge is -2.20. The van der Waals surface area contributed by atoms with Crippen molar-refractivity contribution in [3.63, 3.8) is 0 Å². The first kappa shape index (κ1) is 23.1. The van der Waals surface area contributed by atoms with Gasteiger partial charge in [-0.25, -0.2) is 4.79 Å². The zero-order valence-corrected chi connectivity index (χ0v) is 21.0. The molecule has 2 aromatic rings. The van der Waals surface area contributed by atoms with Crippen molar-refractivity contribution in [2.24, 2.45) is 0 Å². The molecule has 0 aliphatic rings. The van der Waals surface area contributed by atoms with Crippen LogP contribution in [0.3, 0.4) is 0 Å². The summed E-state index contributed by atoms with van der Waals surface area (Å²) in [6.07, 6.45) is 0.297. The molecule has 0 saturated heterocycles. The van der Waals surface area contributed by atoms with Gasteiger partial charge in [0.25, 0.3) is 5.91 Å². The average molecular weight is 719 g/mol. The van der Waals surface area contributed by atoms with Crippen LogP contribution in [0.1, 0.15) is 26.3 Å². The minimum atomic E-state index is -1.17. The number of carboxylic acid groups (broad SMARTS) is 1. The summed E-state index contributed by atoms with van der Waals surface area (Å²) in [5, 5.41) is 14.8. The lowest BCUT2D eigenvalue weighted by Crippen LogP contribution is -2.47. The number of anilines is 1. The molecule has 0 unspecified atom stereocenters. The van der Waals surface area contributed by atoms with E-state index in [1.54, 1.807) is 0 Å². The Bertz CT molecular complexity index is 936. The van der Waals surface area contributed by atoms with Gasteiger partial charge in [-0.05, 0) is 73.3 Å². The molecule has 2 amide bonds. The molecule has 148 valence electrons. The molecule has 28 heavy (non-hydrogen) atoms. The zero-order valence-electron chi connectivity index (χ0n) is 14.6. The molecule has 0 bridgehead atoms. The van der Waals surface area contributed by atoms with Crippen molar-refractivity contribution >= 4 is 91.2 Å². The Labute approximate surface area is 202 Å². The van der Waals surface area contributed by atoms with Crippen LogP contribution in [0.5, 0.6) is 0 Å². The van der Waals surface area contributed by atoms with Gasteiger partial charge in [-0.1, -0.05) is 30.3 Å². The molecule has 0 saturated carbocycles. The standard InChI is InChI=1S/C18H16I3N3O4/c1-23-16(25)9(7-8-5-3-2-4-6-8)24-17(26)10-12(19)11(18(27)28)14(21)15(22)13(10)20/h2-6,9H,7,22H2,1H3,(H,23,25)(H,24,26)(H,27,28)/t9-/m0/s1. The summed E-state index contributed by atoms with van der Waals surface area (Å²) < 4.78 is 1.10. The number of carbonyl (C=O) groups excluding carboxylic acids is 2. The molecule has 1 atom stereocenters. The normalized spacial score (nSPS) is 11.6. The predicted octanol–water partition coefficient (Wildman–Crippen LogP) is 2.87. The third kappa shape index (κ3) is 5.06. The van der Waals surface area contributed by atoms with Gasteiger partial charge in [0.2, 0.25) is 5.91 Å². The number of halogens is 3. The molecule has 5 N–H and O–H groups in total. The molecule has 10 heteroatoms. The first-order valence-corrected chi connectivity index (χ1v) is 11.2. The number of hydrogen-bond acceptors (Lipinski definition) is 4. The van der Waals surface area contributed by atoms with Gasteiger partial charge < -0.3 is 21.5 Å². The van der Waals surface area contributed by atoms with E-state index in [4.69, 9.17) is 5.73 Å². The van der Waals surface area contributed by atoms with E-state index in [0.29, 0.717) is 13.6 Å². The van der Waals surface area contributed by atoms with Gasteiger partial charge in [0.15, 0.2) is 0 Å². The second-order valence-corrected chi connectivity index (χ2v) is 8.98. The van der Waals surface area contributed by atoms with Crippen molar-refractivity contribution in [1.29, 1.82) is 0 Å². The van der Waals surface area contributed by atoms with Gasteiger partial charge in [-0.2, -0.15) is 0 Å². The smallest absolute Gasteiger partial charge is 0.337 e. The van der Waals surface area contributed by atoms with Crippen LogP contribution in [0.4, 0.5) is 5.69 Å². The van der Waals surface area contributed by atoms with Crippen molar-refractivity contribution in [3.8, 4) is 0 Å². The lowest BCUT2D eigenvalue weighted by molar-refractivity contribution is -0.122. The Kier molecular flexibility index (Phi) is 8.30. The summed E-state index contributed by atoms with van der Waals surface area (Å²) in [4.78, 5) is 36.9. The molecular formula is C18H16I3N3O4. The number of aromatic carboxylic acids is 1. The summed E-state index contributed by atoms with van der Waals surface area (Å²) >= 11 is 5.61. The maximum Gasteiger partial charge on any atom is 0.337 e. The molecule has 0 radical (unpaired) electrons. The number of hydrogen-bond donors (Lipinski definition) is 4. The second-order valence-electron chi connectivity index (χ2n) is 5.74. The van der Waals surface area contributed by atoms with Crippen LogP contribution in [0, 0.1) is 10.7 Å². The lowest BCUT2D eigenvalue weighted by atomic mass is 10.0. The summed E-state index contributed by atoms with van der Waals surface area (Å²) in [5.74, 6) is -2.07. The van der Waals surface area contributed by atoms with E-state index in [1.807, 2.05) is 98.1 Å². The molecule has 0 spiro atoms. The molecule has 2 rings (SSSR count). The van der Waals surface area contributed by atoms with Crippen molar-refractivity contribution in [2.75, 3.05) is 12.8 Å². The monoisotopic (exact) mass is 719 g/mol. The fourth-order valence-electron chi connectivity index (χ4n) is 2.53. The summed E-state index contributed by atoms with van der Waals surface area (Å²) in [6.45, 7) is 0. The maximum atomic E-state index is 13.0. The number of benzene rings is 2. The summed E-state index contributed by atoms with van der Waals surface area (Å²) in [7, 11) is 1.49. The van der Waals surface area contributed by atoms with Crippen LogP contribution >= 0.6 is 67.8 Å². The van der Waals surface area contributed by atoms with Gasteiger partial charge in [-0.3, -0.25) is 9.59 Å². The molecular weight excluding hydrogens is 703 g/mol. The van der Waals surface area contributed by atoms with Crippen LogP contribution in [-0.2, 0) is 11.2 Å². The van der Waals surface area contributed by atoms with Crippen molar-refractivity contribution in [3.05, 3.63) is 57.7 Å². The quantitative estimate of drug-likeness (QED) is 0.271. The highest BCUT2D eigenvalue weighted by atomic mass is 127. The van der Waals surface area contributed by atoms with E-state index >= 15 is 0 Å². The first-order chi connectivity index (χ1) is 13.2. The fourth-order valence-corrected chi connectivity index (χ4v) is 6.65. The second kappa shape index (κ2) is 10.0. The van der Waals surface area contributed by atoms with Gasteiger partial charge in [-0.15, -0.1) is 0 Å². The van der Waals surface area contributed by atoms with Crippen LogP contribution < -0.4 is 16.4 Å². The minimum Gasteiger partial charge on any atom is -0.478 e. The Hall–Kier alpha value is -1.16. The number of rotatable bonds is 6. The molecule has 0 fully saturated rings. The zero-order chi connectivity index (χ0) is 21.0. The third-order valence-electron chi connectivity index (χ3n) is 3.94. The highest BCUT2D eigenvalue weighted by molar-refractivity contribution is 14.1. The van der Waals surface area contributed by atoms with E-state index in [-0.39, 0.29) is 26.3 Å². The Morgan fingerprint density at radius 3 is 2.14 bits per heavy atom. The van der Waals surface area contributed by atoms with Crippen LogP contribution in [-0.4, -0.2) is 36.0 Å². The van der Waals surface area contributed by atoms with Crippen molar-refractivity contribution in [1.82, 2.24) is 10.6 Å². The Morgan fingerprint density at radius 1 is 1.04 bits per heavy atom. The van der Waals surface area contributed by atoms with E-state index in [2.05, 4.69) is 10.6 Å². The Balaban J connectivity index is 2.43. The van der Waals surface area contributed by atoms with E-state index < -0.39 is 17.9 Å². The third-order valence-corrected chi connectivity index (χ3v) is 7.26. The number of nitrogens with two attached hydrogens (primary N) is 1. The average Bonchev–Trinajstić information content (AvgIpc) is 2.65. The van der Waals surface area contributed by atoms with Crippen LogP contribution in [0.25, 0.3) is 0 Å². The molecule has 0 aliphatic heterocycles. The van der Waals surface area contributed by atoms with E-state index in [1.165, 1.54) is 7.05 Å². The number of nitrogen functional groups attached to an aromatic ring is 1. The molecule has 0 heterocycles. The molecule has 7 nitrogen and oxygen atoms in total. The topological polar surface area (TPSA) is 122 Å². The highest BCUT2D eigenvalue weighted by Gasteiger charge is 2.29. The number of amides is 2. The largest absolute Gasteiger partial charge is 0.478 e. The van der Waals surface area contributed by atoms with Gasteiger partial charge >= 0.3 is 5.97 Å². The SMILES string of the molecule is CNC(=O)[C@H](Cc1ccccc1)NC(=O)c1c(I)c(N)c(I)c(C(=O)O)c1I. The van der Waals surface area contributed by atoms with E-state index in [0.717, 1.165) is 5.56 Å². The van der Waals surface area contributed by atoms with Crippen LogP contribution in [0.15, 0.2) is 30.3 Å². The fraction of sp³-hybridized carbons (Fsp3) is 0.167. The molecule has 0 aliphatic carbocycles. The summed E-state index contributed by atoms with van der Waals surface area (Å²) in [5.41, 5.74) is 7.26. The number of nitrogens with one attached hydrogen (secondary N) is 2. The highest BCUT2D eigenvalue weighted by Crippen LogP contribution is 2.33. The number of carboxylic acids is 1.